The fraction of sp³-hybridized carbons (Fsp3) is 0.273. The Morgan fingerprint density at radius 2 is 1.89 bits per heavy atom. The number of anilines is 1. The van der Waals surface area contributed by atoms with Crippen molar-refractivity contribution >= 4 is 27.8 Å². The van der Waals surface area contributed by atoms with E-state index in [4.69, 9.17) is 20.2 Å². The fourth-order valence-corrected chi connectivity index (χ4v) is 3.91. The summed E-state index contributed by atoms with van der Waals surface area (Å²) in [6.07, 6.45) is 0.748. The molecule has 0 saturated carbocycles. The maximum atomic E-state index is 6.25. The van der Waals surface area contributed by atoms with E-state index in [0.717, 1.165) is 39.7 Å². The van der Waals surface area contributed by atoms with E-state index in [1.165, 1.54) is 0 Å². The lowest BCUT2D eigenvalue weighted by molar-refractivity contribution is 0.0476. The Hall–Kier alpha value is -2.96. The first kappa shape index (κ1) is 17.2. The van der Waals surface area contributed by atoms with E-state index < -0.39 is 0 Å². The van der Waals surface area contributed by atoms with Crippen LogP contribution in [0.15, 0.2) is 54.6 Å². The summed E-state index contributed by atoms with van der Waals surface area (Å²) < 4.78 is 14.2. The van der Waals surface area contributed by atoms with E-state index in [1.807, 2.05) is 36.4 Å². The van der Waals surface area contributed by atoms with Gasteiger partial charge in [-0.3, -0.25) is 0 Å². The third-order valence-corrected chi connectivity index (χ3v) is 5.19. The van der Waals surface area contributed by atoms with Crippen LogP contribution in [0.2, 0.25) is 0 Å². The van der Waals surface area contributed by atoms with Gasteiger partial charge >= 0.3 is 0 Å². The van der Waals surface area contributed by atoms with E-state index in [1.54, 1.807) is 0 Å². The first-order valence-electron chi connectivity index (χ1n) is 9.55. The van der Waals surface area contributed by atoms with Gasteiger partial charge in [0.1, 0.15) is 11.3 Å². The molecule has 142 valence electrons. The van der Waals surface area contributed by atoms with E-state index in [9.17, 15) is 0 Å². The lowest BCUT2D eigenvalue weighted by Gasteiger charge is -2.20. The number of para-hydroxylation sites is 1. The molecule has 0 unspecified atom stereocenters. The van der Waals surface area contributed by atoms with Gasteiger partial charge in [-0.2, -0.15) is 0 Å². The van der Waals surface area contributed by atoms with Crippen molar-refractivity contribution in [2.75, 3.05) is 25.6 Å². The molecule has 2 aromatic carbocycles. The van der Waals surface area contributed by atoms with E-state index in [-0.39, 0.29) is 6.04 Å². The highest BCUT2D eigenvalue weighted by molar-refractivity contribution is 6.06. The van der Waals surface area contributed by atoms with E-state index in [2.05, 4.69) is 27.8 Å². The molecule has 2 N–H and O–H groups in total. The molecule has 0 radical (unpaired) electrons. The summed E-state index contributed by atoms with van der Waals surface area (Å²) in [6, 6.07) is 18.3. The van der Waals surface area contributed by atoms with Crippen LogP contribution in [-0.2, 0) is 22.5 Å². The number of nitrogen functional groups attached to an aromatic ring is 1. The van der Waals surface area contributed by atoms with Crippen molar-refractivity contribution in [3.63, 3.8) is 0 Å². The third-order valence-electron chi connectivity index (χ3n) is 5.19. The number of nitrogens with two attached hydrogens (primary N) is 1. The van der Waals surface area contributed by atoms with Gasteiger partial charge in [-0.15, -0.1) is 0 Å². The second kappa shape index (κ2) is 7.22. The number of rotatable bonds is 4. The number of ether oxygens (including phenoxy) is 2. The van der Waals surface area contributed by atoms with Gasteiger partial charge in [-0.05, 0) is 11.6 Å². The maximum absolute atomic E-state index is 6.25. The van der Waals surface area contributed by atoms with Crippen LogP contribution >= 0.6 is 0 Å². The minimum Gasteiger partial charge on any atom is -0.382 e. The standard InChI is InChI=1S/C22H22N4O2/c23-22-20-21(17-8-4-5-9-18(17)24-22)26-16(13-27-11-10-19(26)25-20)14-28-12-15-6-2-1-3-7-15/h1-9,16H,10-14H2,(H2,23,24)/t16-/m1/s1. The van der Waals surface area contributed by atoms with Crippen molar-refractivity contribution in [1.29, 1.82) is 0 Å². The molecule has 0 spiro atoms. The molecule has 6 nitrogen and oxygen atoms in total. The van der Waals surface area contributed by atoms with Gasteiger partial charge in [0.25, 0.3) is 0 Å². The third kappa shape index (κ3) is 3.00. The highest BCUT2D eigenvalue weighted by Crippen LogP contribution is 2.32. The molecule has 0 bridgehead atoms. The molecule has 0 saturated heterocycles. The molecule has 28 heavy (non-hydrogen) atoms. The quantitative estimate of drug-likeness (QED) is 0.592. The second-order valence-electron chi connectivity index (χ2n) is 7.09. The highest BCUT2D eigenvalue weighted by Gasteiger charge is 2.25. The number of hydrogen-bond acceptors (Lipinski definition) is 5. The smallest absolute Gasteiger partial charge is 0.152 e. The lowest BCUT2D eigenvalue weighted by atomic mass is 10.1. The normalized spacial score (nSPS) is 16.9. The van der Waals surface area contributed by atoms with Gasteiger partial charge in [0.05, 0.1) is 43.5 Å². The number of benzene rings is 2. The van der Waals surface area contributed by atoms with Crippen molar-refractivity contribution in [3.05, 3.63) is 66.0 Å². The molecule has 1 atom stereocenters. The fourth-order valence-electron chi connectivity index (χ4n) is 3.91. The lowest BCUT2D eigenvalue weighted by Crippen LogP contribution is -2.20. The number of aromatic nitrogens is 3. The van der Waals surface area contributed by atoms with Crippen LogP contribution in [0.3, 0.4) is 0 Å². The van der Waals surface area contributed by atoms with Crippen molar-refractivity contribution in [3.8, 4) is 0 Å². The van der Waals surface area contributed by atoms with Gasteiger partial charge in [0.2, 0.25) is 0 Å². The van der Waals surface area contributed by atoms with Gasteiger partial charge in [0.15, 0.2) is 5.82 Å². The number of hydrogen-bond donors (Lipinski definition) is 1. The molecule has 0 amide bonds. The average Bonchev–Trinajstić information content (AvgIpc) is 3.00. The minimum absolute atomic E-state index is 0.0384. The van der Waals surface area contributed by atoms with Gasteiger partial charge in [-0.25, -0.2) is 9.97 Å². The van der Waals surface area contributed by atoms with Crippen LogP contribution in [0.5, 0.6) is 0 Å². The molecule has 2 aromatic heterocycles. The number of fused-ring (bicyclic) bond motifs is 5. The molecule has 6 heteroatoms. The van der Waals surface area contributed by atoms with Crippen LogP contribution in [0.25, 0.3) is 21.9 Å². The number of nitrogens with zero attached hydrogens (tertiary/aromatic N) is 3. The Morgan fingerprint density at radius 3 is 2.79 bits per heavy atom. The summed E-state index contributed by atoms with van der Waals surface area (Å²) >= 11 is 0. The van der Waals surface area contributed by atoms with Crippen LogP contribution < -0.4 is 5.73 Å². The zero-order chi connectivity index (χ0) is 18.9. The first-order valence-corrected chi connectivity index (χ1v) is 9.55. The molecular formula is C22H22N4O2. The van der Waals surface area contributed by atoms with Crippen LogP contribution in [0, 0.1) is 0 Å². The Balaban J connectivity index is 1.55. The van der Waals surface area contributed by atoms with Gasteiger partial charge < -0.3 is 19.8 Å². The SMILES string of the molecule is Nc1nc2ccccc2c2c1nc1n2[C@@H](COCc2ccccc2)COCC1. The highest BCUT2D eigenvalue weighted by atomic mass is 16.5. The first-order chi connectivity index (χ1) is 13.8. The van der Waals surface area contributed by atoms with Crippen LogP contribution in [0.1, 0.15) is 17.4 Å². The summed E-state index contributed by atoms with van der Waals surface area (Å²) in [5, 5.41) is 1.06. The predicted octanol–water partition coefficient (Wildman–Crippen LogP) is 3.50. The molecule has 3 heterocycles. The predicted molar refractivity (Wildman–Crippen MR) is 109 cm³/mol. The van der Waals surface area contributed by atoms with Gasteiger partial charge in [0, 0.05) is 11.8 Å². The Morgan fingerprint density at radius 1 is 1.07 bits per heavy atom. The molecule has 1 aliphatic heterocycles. The minimum atomic E-state index is 0.0384. The number of pyridine rings is 1. The largest absolute Gasteiger partial charge is 0.382 e. The summed E-state index contributed by atoms with van der Waals surface area (Å²) in [7, 11) is 0. The topological polar surface area (TPSA) is 75.2 Å². The summed E-state index contributed by atoms with van der Waals surface area (Å²) in [5.41, 5.74) is 10.1. The monoisotopic (exact) mass is 374 g/mol. The molecule has 1 aliphatic rings. The zero-order valence-corrected chi connectivity index (χ0v) is 15.5. The number of imidazole rings is 1. The Labute approximate surface area is 162 Å². The summed E-state index contributed by atoms with van der Waals surface area (Å²) in [6.45, 7) is 2.35. The zero-order valence-electron chi connectivity index (χ0n) is 15.5. The van der Waals surface area contributed by atoms with Crippen molar-refractivity contribution < 1.29 is 9.47 Å². The molecule has 0 fully saturated rings. The van der Waals surface area contributed by atoms with Gasteiger partial charge in [-0.1, -0.05) is 48.5 Å². The second-order valence-corrected chi connectivity index (χ2v) is 7.09. The summed E-state index contributed by atoms with van der Waals surface area (Å²) in [5.74, 6) is 1.45. The van der Waals surface area contributed by atoms with E-state index >= 15 is 0 Å². The molecule has 5 rings (SSSR count). The van der Waals surface area contributed by atoms with Crippen LogP contribution in [0.4, 0.5) is 5.82 Å². The summed E-state index contributed by atoms with van der Waals surface area (Å²) in [4.78, 5) is 9.36. The molecule has 0 aliphatic carbocycles. The van der Waals surface area contributed by atoms with Crippen molar-refractivity contribution in [1.82, 2.24) is 14.5 Å². The maximum Gasteiger partial charge on any atom is 0.152 e. The van der Waals surface area contributed by atoms with E-state index in [0.29, 0.717) is 32.2 Å². The van der Waals surface area contributed by atoms with Crippen LogP contribution in [-0.4, -0.2) is 34.4 Å². The Bertz CT molecular complexity index is 1120. The molecular weight excluding hydrogens is 352 g/mol. The van der Waals surface area contributed by atoms with Crippen molar-refractivity contribution in [2.24, 2.45) is 0 Å². The average molecular weight is 374 g/mol. The van der Waals surface area contributed by atoms with Crippen molar-refractivity contribution in [2.45, 2.75) is 19.1 Å². The molecule has 4 aromatic rings. The Kier molecular flexibility index (Phi) is 4.43.